The highest BCUT2D eigenvalue weighted by Crippen LogP contribution is 2.32. The summed E-state index contributed by atoms with van der Waals surface area (Å²) in [6.07, 6.45) is 1.29. The van der Waals surface area contributed by atoms with Gasteiger partial charge in [0.25, 0.3) is 0 Å². The van der Waals surface area contributed by atoms with Crippen LogP contribution in [0.4, 0.5) is 13.2 Å². The second kappa shape index (κ2) is 13.5. The van der Waals surface area contributed by atoms with Crippen molar-refractivity contribution in [2.45, 2.75) is 76.5 Å². The quantitative estimate of drug-likeness (QED) is 0.223. The van der Waals surface area contributed by atoms with Crippen LogP contribution >= 0.6 is 0 Å². The van der Waals surface area contributed by atoms with E-state index in [0.717, 1.165) is 12.1 Å². The van der Waals surface area contributed by atoms with Gasteiger partial charge in [-0.15, -0.1) is 0 Å². The highest BCUT2D eigenvalue weighted by molar-refractivity contribution is 5.69. The molecule has 0 aliphatic heterocycles. The topological polar surface area (TPSA) is 96.2 Å². The largest absolute Gasteiger partial charge is 0.491 e. The molecule has 1 aromatic carbocycles. The zero-order chi connectivity index (χ0) is 26.0. The molecule has 3 N–H and O–H groups in total. The van der Waals surface area contributed by atoms with E-state index in [9.17, 15) is 33.3 Å². The molecule has 0 unspecified atom stereocenters. The third-order valence-electron chi connectivity index (χ3n) is 5.28. The molecule has 2 rings (SSSR count). The van der Waals surface area contributed by atoms with E-state index < -0.39 is 30.1 Å². The molecule has 9 heteroatoms. The third-order valence-corrected chi connectivity index (χ3v) is 5.28. The summed E-state index contributed by atoms with van der Waals surface area (Å²) in [4.78, 5) is 11.5. The van der Waals surface area contributed by atoms with Gasteiger partial charge >= 0.3 is 12.1 Å². The number of hydrogen-bond donors (Lipinski definition) is 3. The summed E-state index contributed by atoms with van der Waals surface area (Å²) in [5.74, 6) is -0.264. The molecule has 0 radical (unpaired) electrons. The van der Waals surface area contributed by atoms with Crippen LogP contribution in [0.5, 0.6) is 5.75 Å². The number of aliphatic hydroxyl groups excluding tert-OH is 3. The molecule has 1 aliphatic rings. The summed E-state index contributed by atoms with van der Waals surface area (Å²) in [6, 6.07) is 4.37. The first-order chi connectivity index (χ1) is 16.5. The van der Waals surface area contributed by atoms with E-state index in [0.29, 0.717) is 36.8 Å². The van der Waals surface area contributed by atoms with Crippen LogP contribution in [-0.4, -0.2) is 52.3 Å². The summed E-state index contributed by atoms with van der Waals surface area (Å²) in [6.45, 7) is 3.31. The fourth-order valence-corrected chi connectivity index (χ4v) is 3.59. The van der Waals surface area contributed by atoms with Crippen LogP contribution in [0.2, 0.25) is 0 Å². The van der Waals surface area contributed by atoms with Crippen molar-refractivity contribution in [3.63, 3.8) is 0 Å². The van der Waals surface area contributed by atoms with Crippen LogP contribution < -0.4 is 4.74 Å². The summed E-state index contributed by atoms with van der Waals surface area (Å²) >= 11 is 0. The second-order valence-corrected chi connectivity index (χ2v) is 8.62. The van der Waals surface area contributed by atoms with Crippen LogP contribution in [-0.2, 0) is 15.7 Å². The molecule has 0 spiro atoms. The van der Waals surface area contributed by atoms with Crippen molar-refractivity contribution in [3.05, 3.63) is 65.3 Å². The number of halogens is 3. The minimum atomic E-state index is -4.49. The van der Waals surface area contributed by atoms with Crippen LogP contribution in [0.3, 0.4) is 0 Å². The van der Waals surface area contributed by atoms with E-state index in [1.54, 1.807) is 13.8 Å². The maximum absolute atomic E-state index is 12.8. The SMILES string of the molecule is CC(C)OC(=O)CCC/C=C\CC1=C(/C=C/[C@@H](O)COc2cccc(C(F)(F)F)c2)[C@H](O)C[C@@H]1O. The van der Waals surface area contributed by atoms with E-state index in [4.69, 9.17) is 9.47 Å². The summed E-state index contributed by atoms with van der Waals surface area (Å²) in [7, 11) is 0. The Balaban J connectivity index is 1.89. The lowest BCUT2D eigenvalue weighted by Gasteiger charge is -2.12. The molecule has 194 valence electrons. The van der Waals surface area contributed by atoms with Crippen molar-refractivity contribution in [1.82, 2.24) is 0 Å². The number of benzene rings is 1. The Hall–Kier alpha value is -2.62. The Morgan fingerprint density at radius 2 is 1.94 bits per heavy atom. The van der Waals surface area contributed by atoms with Crippen molar-refractivity contribution in [2.75, 3.05) is 6.61 Å². The fraction of sp³-hybridized carbons (Fsp3) is 0.500. The van der Waals surface area contributed by atoms with E-state index in [1.165, 1.54) is 24.3 Å². The molecule has 6 nitrogen and oxygen atoms in total. The number of carbonyl (C=O) groups is 1. The second-order valence-electron chi connectivity index (χ2n) is 8.62. The molecule has 0 saturated heterocycles. The molecular weight excluding hydrogens is 465 g/mol. The monoisotopic (exact) mass is 498 g/mol. The normalized spacial score (nSPS) is 19.8. The summed E-state index contributed by atoms with van der Waals surface area (Å²) in [5.41, 5.74) is 0.262. The van der Waals surface area contributed by atoms with Gasteiger partial charge in [-0.3, -0.25) is 4.79 Å². The average Bonchev–Trinajstić information content (AvgIpc) is 3.04. The van der Waals surface area contributed by atoms with Crippen molar-refractivity contribution in [2.24, 2.45) is 0 Å². The molecule has 1 aliphatic carbocycles. The zero-order valence-electron chi connectivity index (χ0n) is 19.9. The lowest BCUT2D eigenvalue weighted by atomic mass is 10.0. The first-order valence-corrected chi connectivity index (χ1v) is 11.6. The van der Waals surface area contributed by atoms with Gasteiger partial charge in [-0.2, -0.15) is 13.2 Å². The fourth-order valence-electron chi connectivity index (χ4n) is 3.59. The number of hydrogen-bond acceptors (Lipinski definition) is 6. The van der Waals surface area contributed by atoms with Crippen molar-refractivity contribution in [3.8, 4) is 5.75 Å². The molecule has 0 aromatic heterocycles. The van der Waals surface area contributed by atoms with E-state index in [-0.39, 0.29) is 30.9 Å². The smallest absolute Gasteiger partial charge is 0.416 e. The minimum absolute atomic E-state index is 0.0221. The molecule has 0 fully saturated rings. The van der Waals surface area contributed by atoms with Crippen molar-refractivity contribution in [1.29, 1.82) is 0 Å². The van der Waals surface area contributed by atoms with Gasteiger partial charge in [-0.25, -0.2) is 0 Å². The summed E-state index contributed by atoms with van der Waals surface area (Å²) in [5, 5.41) is 30.7. The molecule has 0 amide bonds. The maximum atomic E-state index is 12.8. The number of alkyl halides is 3. The first-order valence-electron chi connectivity index (χ1n) is 11.6. The highest BCUT2D eigenvalue weighted by atomic mass is 19.4. The Labute approximate surface area is 203 Å². The minimum Gasteiger partial charge on any atom is -0.491 e. The Morgan fingerprint density at radius 1 is 1.20 bits per heavy atom. The van der Waals surface area contributed by atoms with Crippen molar-refractivity contribution < 1.29 is 42.8 Å². The number of ether oxygens (including phenoxy) is 2. The predicted octanol–water partition coefficient (Wildman–Crippen LogP) is 4.49. The Bertz CT molecular complexity index is 920. The van der Waals surface area contributed by atoms with Crippen molar-refractivity contribution >= 4 is 5.97 Å². The standard InChI is InChI=1S/C26H33F3O6/c1-17(2)35-25(33)11-6-4-3-5-10-21-22(24(32)15-23(21)31)13-12-19(30)16-34-20-9-7-8-18(14-20)26(27,28)29/h3,5,7-9,12-14,17,19,23-24,30-32H,4,6,10-11,15-16H2,1-2H3/b5-3-,13-12+/t19-,23+,24-/m1/s1. The molecule has 35 heavy (non-hydrogen) atoms. The highest BCUT2D eigenvalue weighted by Gasteiger charge is 2.31. The van der Waals surface area contributed by atoms with E-state index >= 15 is 0 Å². The predicted molar refractivity (Wildman–Crippen MR) is 125 cm³/mol. The number of rotatable bonds is 12. The molecular formula is C26H33F3O6. The first kappa shape index (κ1) is 28.6. The molecule has 0 heterocycles. The summed E-state index contributed by atoms with van der Waals surface area (Å²) < 4.78 is 48.7. The van der Waals surface area contributed by atoms with Gasteiger partial charge in [0, 0.05) is 12.8 Å². The molecule has 0 saturated carbocycles. The van der Waals surface area contributed by atoms with Crippen LogP contribution in [0.1, 0.15) is 51.5 Å². The maximum Gasteiger partial charge on any atom is 0.416 e. The van der Waals surface area contributed by atoms with E-state index in [1.807, 2.05) is 12.2 Å². The van der Waals surface area contributed by atoms with Crippen LogP contribution in [0, 0.1) is 0 Å². The van der Waals surface area contributed by atoms with Gasteiger partial charge in [-0.05, 0) is 62.5 Å². The van der Waals surface area contributed by atoms with E-state index in [2.05, 4.69) is 0 Å². The number of esters is 1. The Kier molecular flexibility index (Phi) is 11.0. The number of carbonyl (C=O) groups excluding carboxylic acids is 1. The van der Waals surface area contributed by atoms with Gasteiger partial charge in [0.15, 0.2) is 0 Å². The average molecular weight is 499 g/mol. The van der Waals surface area contributed by atoms with Crippen LogP contribution in [0.25, 0.3) is 0 Å². The van der Waals surface area contributed by atoms with Gasteiger partial charge in [0.2, 0.25) is 0 Å². The molecule has 1 aromatic rings. The molecule has 0 bridgehead atoms. The number of allylic oxidation sites excluding steroid dienone is 2. The van der Waals surface area contributed by atoms with Gasteiger partial charge in [0.1, 0.15) is 18.5 Å². The number of aliphatic hydroxyl groups is 3. The Morgan fingerprint density at radius 3 is 2.63 bits per heavy atom. The molecule has 3 atom stereocenters. The van der Waals surface area contributed by atoms with Gasteiger partial charge in [0.05, 0.1) is 23.9 Å². The lowest BCUT2D eigenvalue weighted by molar-refractivity contribution is -0.147. The number of unbranched alkanes of at least 4 members (excludes halogenated alkanes) is 1. The van der Waals surface area contributed by atoms with Gasteiger partial charge in [-0.1, -0.05) is 30.4 Å². The van der Waals surface area contributed by atoms with Crippen LogP contribution in [0.15, 0.2) is 59.7 Å². The zero-order valence-corrected chi connectivity index (χ0v) is 19.9. The lowest BCUT2D eigenvalue weighted by Crippen LogP contribution is -2.15. The third kappa shape index (κ3) is 9.87. The van der Waals surface area contributed by atoms with Gasteiger partial charge < -0.3 is 24.8 Å².